The number of halogens is 4. The Balaban J connectivity index is 1.61. The minimum atomic E-state index is -4.60. The van der Waals surface area contributed by atoms with Crippen LogP contribution in [0.25, 0.3) is 16.6 Å². The zero-order valence-electron chi connectivity index (χ0n) is 17.6. The van der Waals surface area contributed by atoms with E-state index in [0.717, 1.165) is 17.3 Å². The predicted octanol–water partition coefficient (Wildman–Crippen LogP) is 5.49. The number of anilines is 1. The van der Waals surface area contributed by atoms with Gasteiger partial charge in [-0.25, -0.2) is 9.97 Å². The molecule has 0 radical (unpaired) electrons. The van der Waals surface area contributed by atoms with Gasteiger partial charge in [-0.15, -0.1) is 0 Å². The molecule has 4 rings (SSSR count). The molecule has 0 unspecified atom stereocenters. The Hall–Kier alpha value is -3.37. The first-order valence-electron chi connectivity index (χ1n) is 9.88. The SMILES string of the molecule is Cc1ccc(-n2c(SCC(=O)Nc3ncc(C(F)(F)F)cc3Cl)nc3ccccc3c2=O)cc1. The van der Waals surface area contributed by atoms with Crippen molar-refractivity contribution in [3.63, 3.8) is 0 Å². The molecule has 4 aromatic rings. The highest BCUT2D eigenvalue weighted by Gasteiger charge is 2.31. The van der Waals surface area contributed by atoms with Crippen LogP contribution in [0.4, 0.5) is 19.0 Å². The van der Waals surface area contributed by atoms with E-state index in [1.54, 1.807) is 36.4 Å². The molecule has 1 N–H and O–H groups in total. The Labute approximate surface area is 200 Å². The molecule has 2 aromatic carbocycles. The van der Waals surface area contributed by atoms with E-state index in [1.807, 2.05) is 19.1 Å². The first kappa shape index (κ1) is 23.8. The van der Waals surface area contributed by atoms with Gasteiger partial charge in [0.05, 0.1) is 32.9 Å². The van der Waals surface area contributed by atoms with Crippen LogP contribution in [0.2, 0.25) is 5.02 Å². The first-order chi connectivity index (χ1) is 16.1. The van der Waals surface area contributed by atoms with Crippen LogP contribution in [-0.4, -0.2) is 26.2 Å². The van der Waals surface area contributed by atoms with Crippen molar-refractivity contribution in [2.24, 2.45) is 0 Å². The number of hydrogen-bond donors (Lipinski definition) is 1. The van der Waals surface area contributed by atoms with E-state index in [-0.39, 0.29) is 27.3 Å². The van der Waals surface area contributed by atoms with Crippen molar-refractivity contribution in [1.29, 1.82) is 0 Å². The molecule has 1 amide bonds. The molecule has 2 heterocycles. The van der Waals surface area contributed by atoms with Gasteiger partial charge in [0.2, 0.25) is 5.91 Å². The Bertz CT molecular complexity index is 1440. The third-order valence-electron chi connectivity index (χ3n) is 4.80. The van der Waals surface area contributed by atoms with Crippen LogP contribution in [0.15, 0.2) is 70.7 Å². The van der Waals surface area contributed by atoms with E-state index in [4.69, 9.17) is 11.6 Å². The minimum absolute atomic E-state index is 0.185. The second-order valence-corrected chi connectivity index (χ2v) is 8.63. The van der Waals surface area contributed by atoms with Crippen molar-refractivity contribution in [3.8, 4) is 5.69 Å². The number of nitrogens with zero attached hydrogens (tertiary/aromatic N) is 3. The number of amides is 1. The van der Waals surface area contributed by atoms with Gasteiger partial charge in [0.15, 0.2) is 11.0 Å². The molecule has 0 bridgehead atoms. The molecule has 0 spiro atoms. The summed E-state index contributed by atoms with van der Waals surface area (Å²) in [6.45, 7) is 1.92. The van der Waals surface area contributed by atoms with Crippen molar-refractivity contribution in [2.45, 2.75) is 18.3 Å². The largest absolute Gasteiger partial charge is 0.417 e. The van der Waals surface area contributed by atoms with Gasteiger partial charge >= 0.3 is 6.18 Å². The Morgan fingerprint density at radius 1 is 1.15 bits per heavy atom. The average molecular weight is 505 g/mol. The topological polar surface area (TPSA) is 76.9 Å². The zero-order valence-corrected chi connectivity index (χ0v) is 19.1. The molecule has 0 fully saturated rings. The Morgan fingerprint density at radius 2 is 1.85 bits per heavy atom. The lowest BCUT2D eigenvalue weighted by atomic mass is 10.2. The minimum Gasteiger partial charge on any atom is -0.309 e. The molecular weight excluding hydrogens is 489 g/mol. The van der Waals surface area contributed by atoms with E-state index < -0.39 is 17.6 Å². The van der Waals surface area contributed by atoms with Gasteiger partial charge < -0.3 is 5.32 Å². The summed E-state index contributed by atoms with van der Waals surface area (Å²) in [6.07, 6.45) is -4.01. The number of hydrogen-bond acceptors (Lipinski definition) is 5. The van der Waals surface area contributed by atoms with Gasteiger partial charge in [-0.2, -0.15) is 13.2 Å². The number of alkyl halides is 3. The molecule has 174 valence electrons. The van der Waals surface area contributed by atoms with E-state index in [0.29, 0.717) is 28.9 Å². The molecule has 0 atom stereocenters. The third-order valence-corrected chi connectivity index (χ3v) is 6.02. The average Bonchev–Trinajstić information content (AvgIpc) is 2.79. The van der Waals surface area contributed by atoms with Gasteiger partial charge in [0.25, 0.3) is 5.56 Å². The summed E-state index contributed by atoms with van der Waals surface area (Å²) in [5.74, 6) is -0.949. The van der Waals surface area contributed by atoms with Crippen LogP contribution >= 0.6 is 23.4 Å². The summed E-state index contributed by atoms with van der Waals surface area (Å²) in [7, 11) is 0. The molecule has 0 aliphatic heterocycles. The van der Waals surface area contributed by atoms with Crippen LogP contribution in [0.3, 0.4) is 0 Å². The summed E-state index contributed by atoms with van der Waals surface area (Å²) in [5, 5.41) is 2.77. The van der Waals surface area contributed by atoms with Crippen molar-refractivity contribution in [3.05, 3.63) is 87.3 Å². The second kappa shape index (κ2) is 9.47. The van der Waals surface area contributed by atoms with Crippen molar-refractivity contribution in [1.82, 2.24) is 14.5 Å². The molecule has 0 saturated heterocycles. The number of pyridine rings is 1. The Morgan fingerprint density at radius 3 is 2.53 bits per heavy atom. The lowest BCUT2D eigenvalue weighted by molar-refractivity contribution is -0.137. The standard InChI is InChI=1S/C23H16ClF3N4O2S/c1-13-6-8-15(9-7-13)31-21(33)16-4-2-3-5-18(16)29-22(31)34-12-19(32)30-20-17(24)10-14(11-28-20)23(25,26)27/h2-11H,12H2,1H3,(H,28,30,32). The summed E-state index contributed by atoms with van der Waals surface area (Å²) < 4.78 is 39.8. The molecule has 0 saturated carbocycles. The van der Waals surface area contributed by atoms with Crippen molar-refractivity contribution < 1.29 is 18.0 Å². The third kappa shape index (κ3) is 5.07. The molecule has 0 aliphatic rings. The van der Waals surface area contributed by atoms with Gasteiger partial charge in [-0.1, -0.05) is 53.2 Å². The molecule has 11 heteroatoms. The number of aryl methyl sites for hydroxylation is 1. The lowest BCUT2D eigenvalue weighted by Crippen LogP contribution is -2.23. The van der Waals surface area contributed by atoms with E-state index >= 15 is 0 Å². The maximum atomic E-state index is 13.2. The fourth-order valence-corrected chi connectivity index (χ4v) is 4.14. The zero-order chi connectivity index (χ0) is 24.5. The molecule has 34 heavy (non-hydrogen) atoms. The number of para-hydroxylation sites is 1. The van der Waals surface area contributed by atoms with Gasteiger partial charge in [-0.05, 0) is 37.3 Å². The van der Waals surface area contributed by atoms with Gasteiger partial charge in [0, 0.05) is 6.20 Å². The Kier molecular flexibility index (Phi) is 6.63. The number of nitrogens with one attached hydrogen (secondary N) is 1. The van der Waals surface area contributed by atoms with Crippen LogP contribution in [-0.2, 0) is 11.0 Å². The quantitative estimate of drug-likeness (QED) is 0.287. The maximum absolute atomic E-state index is 13.2. The van der Waals surface area contributed by atoms with E-state index in [1.165, 1.54) is 4.57 Å². The van der Waals surface area contributed by atoms with Crippen LogP contribution in [0.1, 0.15) is 11.1 Å². The summed E-state index contributed by atoms with van der Waals surface area (Å²) in [4.78, 5) is 33.9. The van der Waals surface area contributed by atoms with E-state index in [9.17, 15) is 22.8 Å². The lowest BCUT2D eigenvalue weighted by Gasteiger charge is -2.14. The summed E-state index contributed by atoms with van der Waals surface area (Å²) >= 11 is 6.86. The number of carbonyl (C=O) groups is 1. The number of fused-ring (bicyclic) bond motifs is 1. The number of rotatable bonds is 5. The molecule has 2 aromatic heterocycles. The number of aromatic nitrogens is 3. The van der Waals surface area contributed by atoms with Crippen LogP contribution in [0.5, 0.6) is 0 Å². The number of carbonyl (C=O) groups excluding carboxylic acids is 1. The molecule has 0 aliphatic carbocycles. The van der Waals surface area contributed by atoms with Crippen molar-refractivity contribution in [2.75, 3.05) is 11.1 Å². The van der Waals surface area contributed by atoms with Crippen LogP contribution in [0, 0.1) is 6.92 Å². The van der Waals surface area contributed by atoms with E-state index in [2.05, 4.69) is 15.3 Å². The van der Waals surface area contributed by atoms with Crippen LogP contribution < -0.4 is 10.9 Å². The van der Waals surface area contributed by atoms with Gasteiger partial charge in [0.1, 0.15) is 0 Å². The van der Waals surface area contributed by atoms with Gasteiger partial charge in [-0.3, -0.25) is 14.2 Å². The fourth-order valence-electron chi connectivity index (χ4n) is 3.11. The monoisotopic (exact) mass is 504 g/mol. The summed E-state index contributed by atoms with van der Waals surface area (Å²) in [6, 6.07) is 14.8. The highest BCUT2D eigenvalue weighted by Crippen LogP contribution is 2.32. The number of benzene rings is 2. The smallest absolute Gasteiger partial charge is 0.309 e. The second-order valence-electron chi connectivity index (χ2n) is 7.28. The highest BCUT2D eigenvalue weighted by molar-refractivity contribution is 7.99. The number of thioether (sulfide) groups is 1. The van der Waals surface area contributed by atoms with Crippen molar-refractivity contribution >= 4 is 46.0 Å². The molecule has 6 nitrogen and oxygen atoms in total. The maximum Gasteiger partial charge on any atom is 0.417 e. The first-order valence-corrected chi connectivity index (χ1v) is 11.2. The highest BCUT2D eigenvalue weighted by atomic mass is 35.5. The fraction of sp³-hybridized carbons (Fsp3) is 0.130. The predicted molar refractivity (Wildman–Crippen MR) is 126 cm³/mol. The summed E-state index contributed by atoms with van der Waals surface area (Å²) in [5.41, 5.74) is 0.771. The molecular formula is C23H16ClF3N4O2S. The normalized spacial score (nSPS) is 11.6.